The number of benzene rings is 1. The van der Waals surface area contributed by atoms with E-state index >= 15 is 0 Å². The van der Waals surface area contributed by atoms with Crippen molar-refractivity contribution in [1.82, 2.24) is 19.8 Å². The van der Waals surface area contributed by atoms with Crippen molar-refractivity contribution in [1.29, 1.82) is 0 Å². The quantitative estimate of drug-likeness (QED) is 0.231. The molecule has 10 nitrogen and oxygen atoms in total. The molecule has 1 atom stereocenters. The second kappa shape index (κ2) is 14.0. The molecule has 3 aliphatic rings. The van der Waals surface area contributed by atoms with Gasteiger partial charge < -0.3 is 29.6 Å². The lowest BCUT2D eigenvalue weighted by atomic mass is 9.80. The fourth-order valence-electron chi connectivity index (χ4n) is 6.03. The largest absolute Gasteiger partial charge is 0.475 e. The molecule has 3 fully saturated rings. The summed E-state index contributed by atoms with van der Waals surface area (Å²) < 4.78 is 51.8. The molecule has 2 amide bonds. The van der Waals surface area contributed by atoms with E-state index in [1.807, 2.05) is 6.20 Å². The van der Waals surface area contributed by atoms with Gasteiger partial charge in [0.2, 0.25) is 5.88 Å². The Balaban J connectivity index is 1.33. The number of carbonyl (C=O) groups is 2. The van der Waals surface area contributed by atoms with E-state index < -0.39 is 30.2 Å². The molecule has 6 rings (SSSR count). The first-order valence-electron chi connectivity index (χ1n) is 16.5. The molecule has 0 bridgehead atoms. The molecule has 1 aromatic carbocycles. The van der Waals surface area contributed by atoms with Crippen LogP contribution in [0.1, 0.15) is 85.2 Å². The van der Waals surface area contributed by atoms with Crippen molar-refractivity contribution >= 4 is 17.6 Å². The van der Waals surface area contributed by atoms with Crippen LogP contribution in [-0.4, -0.2) is 64.3 Å². The van der Waals surface area contributed by atoms with E-state index in [0.717, 1.165) is 18.4 Å². The van der Waals surface area contributed by atoms with Gasteiger partial charge in [-0.1, -0.05) is 6.42 Å². The number of rotatable bonds is 13. The van der Waals surface area contributed by atoms with Crippen LogP contribution < -0.4 is 25.7 Å². The van der Waals surface area contributed by atoms with Crippen LogP contribution in [0.2, 0.25) is 0 Å². The minimum Gasteiger partial charge on any atom is -0.475 e. The number of ether oxygens (including phenoxy) is 2. The van der Waals surface area contributed by atoms with Crippen LogP contribution in [0.4, 0.5) is 19.0 Å². The molecule has 48 heavy (non-hydrogen) atoms. The van der Waals surface area contributed by atoms with E-state index in [-0.39, 0.29) is 53.8 Å². The Labute approximate surface area is 276 Å². The van der Waals surface area contributed by atoms with Crippen molar-refractivity contribution in [3.63, 3.8) is 0 Å². The highest BCUT2D eigenvalue weighted by atomic mass is 19.3. The van der Waals surface area contributed by atoms with Gasteiger partial charge in [0.25, 0.3) is 17.4 Å². The molecule has 2 aliphatic carbocycles. The summed E-state index contributed by atoms with van der Waals surface area (Å²) in [4.78, 5) is 46.3. The van der Waals surface area contributed by atoms with Gasteiger partial charge in [-0.25, -0.2) is 4.39 Å². The number of halogens is 3. The van der Waals surface area contributed by atoms with Crippen molar-refractivity contribution in [2.75, 3.05) is 18.4 Å². The Hall–Kier alpha value is -4.39. The highest BCUT2D eigenvalue weighted by Crippen LogP contribution is 2.35. The van der Waals surface area contributed by atoms with E-state index in [9.17, 15) is 27.6 Å². The second-order valence-electron chi connectivity index (χ2n) is 13.2. The van der Waals surface area contributed by atoms with Crippen molar-refractivity contribution in [2.45, 2.75) is 90.4 Å². The van der Waals surface area contributed by atoms with Crippen LogP contribution in [0.3, 0.4) is 0 Å². The molecular formula is C35H40F3N5O5. The van der Waals surface area contributed by atoms with E-state index in [0.29, 0.717) is 29.6 Å². The summed E-state index contributed by atoms with van der Waals surface area (Å²) in [6.45, 7) is 2.89. The number of amides is 2. The minimum atomic E-state index is -3.11. The number of likely N-dealkylation sites (tertiary alicyclic amines) is 1. The van der Waals surface area contributed by atoms with Gasteiger partial charge >= 0.3 is 6.61 Å². The lowest BCUT2D eigenvalue weighted by Gasteiger charge is -2.34. The zero-order chi connectivity index (χ0) is 34.1. The fourth-order valence-corrected chi connectivity index (χ4v) is 6.03. The maximum absolute atomic E-state index is 13.7. The first-order valence-corrected chi connectivity index (χ1v) is 16.5. The Kier molecular flexibility index (Phi) is 9.77. The second-order valence-corrected chi connectivity index (χ2v) is 13.2. The fraction of sp³-hybridized carbons (Fsp3) is 0.486. The number of alkyl halides is 3. The van der Waals surface area contributed by atoms with Crippen LogP contribution >= 0.6 is 0 Å². The maximum Gasteiger partial charge on any atom is 0.387 e. The molecule has 3 heterocycles. The van der Waals surface area contributed by atoms with Crippen LogP contribution in [0.5, 0.6) is 11.6 Å². The molecule has 0 unspecified atom stereocenters. The first kappa shape index (κ1) is 33.5. The lowest BCUT2D eigenvalue weighted by molar-refractivity contribution is -0.0499. The summed E-state index contributed by atoms with van der Waals surface area (Å²) in [7, 11) is 0. The molecular weight excluding hydrogens is 627 g/mol. The monoisotopic (exact) mass is 667 g/mol. The van der Waals surface area contributed by atoms with Crippen LogP contribution in [0.25, 0.3) is 11.1 Å². The molecule has 0 spiro atoms. The zero-order valence-corrected chi connectivity index (χ0v) is 27.2. The van der Waals surface area contributed by atoms with Gasteiger partial charge in [0.05, 0.1) is 24.8 Å². The first-order chi connectivity index (χ1) is 22.9. The molecule has 1 aliphatic heterocycles. The van der Waals surface area contributed by atoms with Gasteiger partial charge in [0, 0.05) is 30.9 Å². The number of nitrogens with one attached hydrogen (secondary N) is 2. The Morgan fingerprint density at radius 1 is 1.00 bits per heavy atom. The van der Waals surface area contributed by atoms with Gasteiger partial charge in [-0.2, -0.15) is 13.8 Å². The standard InChI is InChI=1S/C35H40F3N5O5/c1-19(2)47-31-13-23(27-10-9-26(48-35(37)38)14-28(27)33(45)42-17-24(36)18-42)12-30(40-31)41-32(44)29-11-21(15-39-20(3)22-5-4-6-22)16-43(34(29)46)25-7-8-25/h9-14,16,19-20,22,24-25,35,39H,4-8,15,17-18H2,1-3H3,(H,40,41,44)/t20-/m0/s1. The van der Waals surface area contributed by atoms with Gasteiger partial charge in [-0.05, 0) is 99.4 Å². The van der Waals surface area contributed by atoms with Crippen LogP contribution in [0, 0.1) is 5.92 Å². The number of nitrogens with zero attached hydrogens (tertiary/aromatic N) is 3. The number of anilines is 1. The molecule has 0 radical (unpaired) electrons. The van der Waals surface area contributed by atoms with E-state index in [1.54, 1.807) is 30.5 Å². The summed E-state index contributed by atoms with van der Waals surface area (Å²) in [6.07, 6.45) is 5.70. The van der Waals surface area contributed by atoms with E-state index in [2.05, 4.69) is 27.3 Å². The van der Waals surface area contributed by atoms with Crippen molar-refractivity contribution in [3.8, 4) is 22.8 Å². The topological polar surface area (TPSA) is 115 Å². The van der Waals surface area contributed by atoms with Crippen LogP contribution in [0.15, 0.2) is 47.4 Å². The highest BCUT2D eigenvalue weighted by Gasteiger charge is 2.33. The molecule has 1 saturated heterocycles. The van der Waals surface area contributed by atoms with Gasteiger partial charge in [0.1, 0.15) is 23.3 Å². The Morgan fingerprint density at radius 2 is 1.75 bits per heavy atom. The van der Waals surface area contributed by atoms with Gasteiger partial charge in [0.15, 0.2) is 0 Å². The predicted octanol–water partition coefficient (Wildman–Crippen LogP) is 5.96. The average Bonchev–Trinajstić information content (AvgIpc) is 3.82. The van der Waals surface area contributed by atoms with Crippen molar-refractivity contribution in [2.24, 2.45) is 5.92 Å². The third kappa shape index (κ3) is 7.67. The molecule has 2 N–H and O–H groups in total. The number of carbonyl (C=O) groups excluding carboxylic acids is 2. The van der Waals surface area contributed by atoms with E-state index in [1.165, 1.54) is 48.4 Å². The smallest absolute Gasteiger partial charge is 0.387 e. The normalized spacial score (nSPS) is 17.2. The molecule has 13 heteroatoms. The Bertz CT molecular complexity index is 1730. The summed E-state index contributed by atoms with van der Waals surface area (Å²) in [5.74, 6) is -0.668. The highest BCUT2D eigenvalue weighted by molar-refractivity contribution is 6.05. The molecule has 256 valence electrons. The minimum absolute atomic E-state index is 0.00248. The van der Waals surface area contributed by atoms with Crippen molar-refractivity contribution in [3.05, 3.63) is 69.6 Å². The lowest BCUT2D eigenvalue weighted by Crippen LogP contribution is -2.51. The van der Waals surface area contributed by atoms with Crippen molar-refractivity contribution < 1.29 is 32.2 Å². The van der Waals surface area contributed by atoms with Crippen LogP contribution in [-0.2, 0) is 6.54 Å². The molecule has 2 aromatic heterocycles. The number of hydrogen-bond donors (Lipinski definition) is 2. The molecule has 3 aromatic rings. The summed E-state index contributed by atoms with van der Waals surface area (Å²) >= 11 is 0. The maximum atomic E-state index is 13.7. The molecule has 2 saturated carbocycles. The number of pyridine rings is 2. The summed E-state index contributed by atoms with van der Waals surface area (Å²) in [5, 5.41) is 6.29. The Morgan fingerprint density at radius 3 is 2.38 bits per heavy atom. The zero-order valence-electron chi connectivity index (χ0n) is 27.2. The predicted molar refractivity (Wildman–Crippen MR) is 173 cm³/mol. The third-order valence-corrected chi connectivity index (χ3v) is 9.05. The van der Waals surface area contributed by atoms with E-state index in [4.69, 9.17) is 4.74 Å². The SMILES string of the molecule is CC(C)Oc1cc(-c2ccc(OC(F)F)cc2C(=O)N2CC(F)C2)cc(NC(=O)c2cc(CN[C@@H](C)C3CCC3)cn(C3CC3)c2=O)n1. The third-order valence-electron chi connectivity index (χ3n) is 9.05. The van der Waals surface area contributed by atoms with Gasteiger partial charge in [-0.3, -0.25) is 14.4 Å². The number of aromatic nitrogens is 2. The van der Waals surface area contributed by atoms with Gasteiger partial charge in [-0.15, -0.1) is 0 Å². The summed E-state index contributed by atoms with van der Waals surface area (Å²) in [5.41, 5.74) is 1.07. The average molecular weight is 668 g/mol. The number of hydrogen-bond acceptors (Lipinski definition) is 7. The summed E-state index contributed by atoms with van der Waals surface area (Å²) in [6, 6.07) is 8.94.